The fraction of sp³-hybridized carbons (Fsp3) is 0.700. The molecule has 1 heterocycles. The summed E-state index contributed by atoms with van der Waals surface area (Å²) in [6.07, 6.45) is 6.48. The number of hydrogen-bond donors (Lipinski definition) is 2. The van der Waals surface area contributed by atoms with Gasteiger partial charge in [0, 0.05) is 11.3 Å². The van der Waals surface area contributed by atoms with Gasteiger partial charge in [-0.05, 0) is 35.8 Å². The number of carbonyl (C=O) groups is 1. The molecule has 0 saturated heterocycles. The van der Waals surface area contributed by atoms with E-state index in [4.69, 9.17) is 5.73 Å². The van der Waals surface area contributed by atoms with Crippen LogP contribution in [-0.4, -0.2) is 33.8 Å². The molecule has 1 saturated carbocycles. The van der Waals surface area contributed by atoms with Gasteiger partial charge in [-0.1, -0.05) is 6.42 Å². The number of hydrogen-bond acceptors (Lipinski definition) is 6. The van der Waals surface area contributed by atoms with Gasteiger partial charge in [0.2, 0.25) is 11.5 Å². The number of nitrogens with two attached hydrogens (primary N) is 1. The summed E-state index contributed by atoms with van der Waals surface area (Å²) in [5.41, 5.74) is 5.55. The third kappa shape index (κ3) is 2.91. The summed E-state index contributed by atoms with van der Waals surface area (Å²) in [5.74, 6) is -0.254. The molecule has 1 aliphatic rings. The van der Waals surface area contributed by atoms with Crippen molar-refractivity contribution in [1.29, 1.82) is 0 Å². The number of rotatable bonds is 3. The molecule has 2 unspecified atom stereocenters. The molecule has 1 amide bonds. The van der Waals surface area contributed by atoms with Gasteiger partial charge in [0.05, 0.1) is 0 Å². The third-order valence-corrected chi connectivity index (χ3v) is 4.12. The van der Waals surface area contributed by atoms with Gasteiger partial charge < -0.3 is 11.1 Å². The van der Waals surface area contributed by atoms with Crippen LogP contribution in [0.3, 0.4) is 0 Å². The summed E-state index contributed by atoms with van der Waals surface area (Å²) >= 11 is 1.85. The summed E-state index contributed by atoms with van der Waals surface area (Å²) in [4.78, 5) is 11.8. The first-order valence-corrected chi connectivity index (χ1v) is 6.91. The van der Waals surface area contributed by atoms with Gasteiger partial charge >= 0.3 is 0 Å². The van der Waals surface area contributed by atoms with Crippen molar-refractivity contribution in [3.05, 3.63) is 5.69 Å². The summed E-state index contributed by atoms with van der Waals surface area (Å²) in [5, 5.41) is 10.4. The Bertz CT molecular complexity index is 395. The lowest BCUT2D eigenvalue weighted by Gasteiger charge is -2.28. The molecular formula is C10H16N4O2S. The summed E-state index contributed by atoms with van der Waals surface area (Å²) in [6.45, 7) is 0. The van der Waals surface area contributed by atoms with Crippen LogP contribution in [0.15, 0.2) is 4.63 Å². The molecule has 0 spiro atoms. The smallest absolute Gasteiger partial charge is 0.277 e. The minimum Gasteiger partial charge on any atom is -0.379 e. The number of nitrogen functional groups attached to an aromatic ring is 1. The van der Waals surface area contributed by atoms with E-state index < -0.39 is 0 Å². The van der Waals surface area contributed by atoms with Crippen molar-refractivity contribution in [2.45, 2.75) is 37.0 Å². The average Bonchev–Trinajstić information content (AvgIpc) is 2.76. The van der Waals surface area contributed by atoms with Crippen LogP contribution in [0.4, 0.5) is 5.82 Å². The first-order valence-electron chi connectivity index (χ1n) is 5.62. The molecule has 0 radical (unpaired) electrons. The molecule has 0 bridgehead atoms. The highest BCUT2D eigenvalue weighted by atomic mass is 32.2. The van der Waals surface area contributed by atoms with Crippen molar-refractivity contribution in [1.82, 2.24) is 15.6 Å². The van der Waals surface area contributed by atoms with E-state index in [1.807, 2.05) is 11.8 Å². The maximum Gasteiger partial charge on any atom is 0.277 e. The van der Waals surface area contributed by atoms with Crippen LogP contribution in [0.25, 0.3) is 0 Å². The zero-order valence-corrected chi connectivity index (χ0v) is 10.5. The molecule has 2 rings (SSSR count). The van der Waals surface area contributed by atoms with Crippen LogP contribution in [0.2, 0.25) is 0 Å². The van der Waals surface area contributed by atoms with Gasteiger partial charge in [0.15, 0.2) is 0 Å². The number of carbonyl (C=O) groups excluding carboxylic acids is 1. The quantitative estimate of drug-likeness (QED) is 0.839. The molecule has 7 heteroatoms. The Labute approximate surface area is 104 Å². The molecule has 3 N–H and O–H groups in total. The van der Waals surface area contributed by atoms with E-state index in [2.05, 4.69) is 26.5 Å². The lowest BCUT2D eigenvalue weighted by atomic mass is 9.95. The Hall–Kier alpha value is -1.24. The van der Waals surface area contributed by atoms with Crippen molar-refractivity contribution in [2.75, 3.05) is 12.0 Å². The van der Waals surface area contributed by atoms with Crippen molar-refractivity contribution >= 4 is 23.5 Å². The molecule has 1 aliphatic carbocycles. The number of thioether (sulfide) groups is 1. The van der Waals surface area contributed by atoms with Gasteiger partial charge in [-0.3, -0.25) is 4.79 Å². The molecule has 0 aromatic carbocycles. The average molecular weight is 256 g/mol. The zero-order chi connectivity index (χ0) is 12.3. The van der Waals surface area contributed by atoms with Crippen LogP contribution in [0.5, 0.6) is 0 Å². The van der Waals surface area contributed by atoms with Gasteiger partial charge in [0.1, 0.15) is 0 Å². The highest BCUT2D eigenvalue weighted by Gasteiger charge is 2.25. The highest BCUT2D eigenvalue weighted by Crippen LogP contribution is 2.27. The normalized spacial score (nSPS) is 24.5. The second-order valence-electron chi connectivity index (χ2n) is 4.19. The lowest BCUT2D eigenvalue weighted by Crippen LogP contribution is -2.39. The summed E-state index contributed by atoms with van der Waals surface area (Å²) in [6, 6.07) is 0.199. The molecule has 1 aromatic heterocycles. The van der Waals surface area contributed by atoms with Gasteiger partial charge in [-0.15, -0.1) is 0 Å². The van der Waals surface area contributed by atoms with Crippen molar-refractivity contribution < 1.29 is 9.42 Å². The Morgan fingerprint density at radius 2 is 2.35 bits per heavy atom. The Kier molecular flexibility index (Phi) is 3.88. The Morgan fingerprint density at radius 1 is 1.53 bits per heavy atom. The second-order valence-corrected chi connectivity index (χ2v) is 5.33. The molecular weight excluding hydrogens is 240 g/mol. The van der Waals surface area contributed by atoms with E-state index in [0.717, 1.165) is 19.3 Å². The predicted molar refractivity (Wildman–Crippen MR) is 65.7 cm³/mol. The van der Waals surface area contributed by atoms with E-state index in [9.17, 15) is 4.79 Å². The lowest BCUT2D eigenvalue weighted by molar-refractivity contribution is 0.0919. The Morgan fingerprint density at radius 3 is 3.00 bits per heavy atom. The topological polar surface area (TPSA) is 94.0 Å². The van der Waals surface area contributed by atoms with E-state index in [1.165, 1.54) is 6.42 Å². The second kappa shape index (κ2) is 5.39. The number of nitrogens with one attached hydrogen (secondary N) is 1. The summed E-state index contributed by atoms with van der Waals surface area (Å²) in [7, 11) is 0. The van der Waals surface area contributed by atoms with Gasteiger partial charge in [0.25, 0.3) is 5.91 Å². The third-order valence-electron chi connectivity index (χ3n) is 3.02. The molecule has 0 aliphatic heterocycles. The molecule has 6 nitrogen and oxygen atoms in total. The van der Waals surface area contributed by atoms with Crippen LogP contribution in [0, 0.1) is 0 Å². The molecule has 17 heavy (non-hydrogen) atoms. The van der Waals surface area contributed by atoms with Crippen molar-refractivity contribution in [3.63, 3.8) is 0 Å². The predicted octanol–water partition coefficient (Wildman–Crippen LogP) is 1.06. The van der Waals surface area contributed by atoms with Crippen LogP contribution >= 0.6 is 11.8 Å². The molecule has 94 valence electrons. The number of amides is 1. The monoisotopic (exact) mass is 256 g/mol. The SMILES string of the molecule is CSC1CCCC(NC(=O)c2nonc2N)C1. The van der Waals surface area contributed by atoms with Crippen LogP contribution < -0.4 is 11.1 Å². The van der Waals surface area contributed by atoms with Crippen molar-refractivity contribution in [2.24, 2.45) is 0 Å². The minimum atomic E-state index is -0.296. The largest absolute Gasteiger partial charge is 0.379 e. The van der Waals surface area contributed by atoms with Gasteiger partial charge in [-0.2, -0.15) is 11.8 Å². The first kappa shape index (κ1) is 12.2. The maximum absolute atomic E-state index is 11.8. The fourth-order valence-corrected chi connectivity index (χ4v) is 2.92. The molecule has 1 aromatic rings. The van der Waals surface area contributed by atoms with Gasteiger partial charge in [-0.25, -0.2) is 4.63 Å². The van der Waals surface area contributed by atoms with E-state index >= 15 is 0 Å². The van der Waals surface area contributed by atoms with E-state index in [1.54, 1.807) is 0 Å². The first-order chi connectivity index (χ1) is 8.20. The number of anilines is 1. The zero-order valence-electron chi connectivity index (χ0n) is 9.68. The van der Waals surface area contributed by atoms with E-state index in [-0.39, 0.29) is 23.5 Å². The standard InChI is InChI=1S/C10H16N4O2S/c1-17-7-4-2-3-6(5-7)12-10(15)8-9(11)14-16-13-8/h6-7H,2-5H2,1H3,(H2,11,14)(H,12,15). The fourth-order valence-electron chi connectivity index (χ4n) is 2.10. The number of aromatic nitrogens is 2. The summed E-state index contributed by atoms with van der Waals surface area (Å²) < 4.78 is 4.41. The van der Waals surface area contributed by atoms with Crippen LogP contribution in [0.1, 0.15) is 36.2 Å². The van der Waals surface area contributed by atoms with Crippen LogP contribution in [-0.2, 0) is 0 Å². The number of nitrogens with zero attached hydrogens (tertiary/aromatic N) is 2. The molecule has 2 atom stereocenters. The molecule has 1 fully saturated rings. The highest BCUT2D eigenvalue weighted by molar-refractivity contribution is 7.99. The Balaban J connectivity index is 1.93. The van der Waals surface area contributed by atoms with E-state index in [0.29, 0.717) is 5.25 Å². The maximum atomic E-state index is 11.8. The van der Waals surface area contributed by atoms with Crippen molar-refractivity contribution in [3.8, 4) is 0 Å². The minimum absolute atomic E-state index is 0.0414.